The number of hydrogen-bond acceptors (Lipinski definition) is 2. The van der Waals surface area contributed by atoms with E-state index in [9.17, 15) is 5.11 Å². The first-order valence-electron chi connectivity index (χ1n) is 6.35. The van der Waals surface area contributed by atoms with Crippen molar-refractivity contribution in [2.24, 2.45) is 0 Å². The van der Waals surface area contributed by atoms with Crippen molar-refractivity contribution in [3.8, 4) is 0 Å². The Kier molecular flexibility index (Phi) is 11.8. The van der Waals surface area contributed by atoms with E-state index < -0.39 is 9.23 Å². The van der Waals surface area contributed by atoms with E-state index in [1.165, 1.54) is 56.7 Å². The van der Waals surface area contributed by atoms with Crippen molar-refractivity contribution in [3.63, 3.8) is 0 Å². The van der Waals surface area contributed by atoms with Gasteiger partial charge in [-0.05, 0) is 12.2 Å². The van der Waals surface area contributed by atoms with Crippen molar-refractivity contribution in [3.05, 3.63) is 0 Å². The first-order chi connectivity index (χ1) is 7.98. The summed E-state index contributed by atoms with van der Waals surface area (Å²) in [6, 6.07) is 0. The Morgan fingerprint density at radius 2 is 1.41 bits per heavy atom. The van der Waals surface area contributed by atoms with Crippen LogP contribution in [0.5, 0.6) is 0 Å². The number of halogens is 3. The molecule has 0 spiro atoms. The van der Waals surface area contributed by atoms with Crippen LogP contribution in [0.1, 0.15) is 58.3 Å². The van der Waals surface area contributed by atoms with Gasteiger partial charge in [0, 0.05) is 0 Å². The largest absolute Gasteiger partial charge is 0.378 e. The molecule has 17 heavy (non-hydrogen) atoms. The molecule has 0 aliphatic heterocycles. The van der Waals surface area contributed by atoms with Gasteiger partial charge in [-0.25, -0.2) is 0 Å². The van der Waals surface area contributed by atoms with Crippen molar-refractivity contribution in [1.29, 1.82) is 0 Å². The molecule has 0 saturated carbocycles. The van der Waals surface area contributed by atoms with Gasteiger partial charge in [0.15, 0.2) is 0 Å². The van der Waals surface area contributed by atoms with E-state index in [2.05, 4.69) is 6.92 Å². The van der Waals surface area contributed by atoms with E-state index in [4.69, 9.17) is 34.8 Å². The number of hydrogen-bond donors (Lipinski definition) is 1. The minimum atomic E-state index is -1.56. The highest BCUT2D eigenvalue weighted by Gasteiger charge is 2.30. The normalized spacial score (nSPS) is 13.9. The van der Waals surface area contributed by atoms with Gasteiger partial charge in [-0.15, -0.1) is 11.8 Å². The van der Waals surface area contributed by atoms with Crippen LogP contribution in [-0.2, 0) is 0 Å². The van der Waals surface area contributed by atoms with Crippen LogP contribution in [0.4, 0.5) is 0 Å². The average Bonchev–Trinajstić information content (AvgIpc) is 2.25. The zero-order valence-corrected chi connectivity index (χ0v) is 13.5. The van der Waals surface area contributed by atoms with E-state index >= 15 is 0 Å². The third-order valence-electron chi connectivity index (χ3n) is 2.55. The van der Waals surface area contributed by atoms with E-state index in [1.807, 2.05) is 0 Å². The molecule has 0 aromatic carbocycles. The molecule has 0 aliphatic rings. The molecular weight excluding hydrogens is 299 g/mol. The van der Waals surface area contributed by atoms with Crippen LogP contribution in [0, 0.1) is 0 Å². The molecule has 5 heteroatoms. The van der Waals surface area contributed by atoms with Gasteiger partial charge in [0.05, 0.1) is 0 Å². The lowest BCUT2D eigenvalue weighted by Gasteiger charge is -2.17. The van der Waals surface area contributed by atoms with E-state index in [-0.39, 0.29) is 0 Å². The summed E-state index contributed by atoms with van der Waals surface area (Å²) in [4.78, 5) is 0. The van der Waals surface area contributed by atoms with E-state index in [0.29, 0.717) is 0 Å². The Hall–Kier alpha value is 1.18. The topological polar surface area (TPSA) is 20.2 Å². The lowest BCUT2D eigenvalue weighted by Crippen LogP contribution is -2.21. The molecule has 1 N–H and O–H groups in total. The van der Waals surface area contributed by atoms with E-state index in [0.717, 1.165) is 12.2 Å². The van der Waals surface area contributed by atoms with Crippen molar-refractivity contribution in [1.82, 2.24) is 0 Å². The quantitative estimate of drug-likeness (QED) is 0.323. The van der Waals surface area contributed by atoms with Gasteiger partial charge in [-0.3, -0.25) is 0 Å². The fourth-order valence-electron chi connectivity index (χ4n) is 1.53. The number of alkyl halides is 3. The number of thioether (sulfide) groups is 1. The summed E-state index contributed by atoms with van der Waals surface area (Å²) in [5.41, 5.74) is -0.919. The molecule has 0 fully saturated rings. The molecule has 0 radical (unpaired) electrons. The first-order valence-corrected chi connectivity index (χ1v) is 8.53. The standard InChI is InChI=1S/C12H23Cl3OS/c1-2-3-4-5-6-7-8-9-10-17-11(16)12(13,14)15/h11,16H,2-10H2,1H3. The maximum Gasteiger partial charge on any atom is 0.225 e. The molecule has 0 amide bonds. The van der Waals surface area contributed by atoms with Crippen LogP contribution in [0.2, 0.25) is 0 Å². The second-order valence-corrected chi connectivity index (χ2v) is 7.80. The minimum Gasteiger partial charge on any atom is -0.378 e. The second-order valence-electron chi connectivity index (χ2n) is 4.24. The second kappa shape index (κ2) is 11.0. The third-order valence-corrected chi connectivity index (χ3v) is 4.76. The molecule has 1 unspecified atom stereocenters. The van der Waals surface area contributed by atoms with Crippen molar-refractivity contribution in [2.75, 3.05) is 5.75 Å². The highest BCUT2D eigenvalue weighted by Crippen LogP contribution is 2.36. The monoisotopic (exact) mass is 320 g/mol. The smallest absolute Gasteiger partial charge is 0.225 e. The summed E-state index contributed by atoms with van der Waals surface area (Å²) in [6.45, 7) is 2.23. The number of unbranched alkanes of at least 4 members (excludes halogenated alkanes) is 7. The van der Waals surface area contributed by atoms with Crippen LogP contribution in [0.15, 0.2) is 0 Å². The van der Waals surface area contributed by atoms with Crippen molar-refractivity contribution in [2.45, 2.75) is 67.5 Å². The van der Waals surface area contributed by atoms with Crippen molar-refractivity contribution >= 4 is 46.6 Å². The van der Waals surface area contributed by atoms with Gasteiger partial charge in [-0.1, -0.05) is 86.7 Å². The Bertz CT molecular complexity index is 174. The summed E-state index contributed by atoms with van der Waals surface area (Å²) in [7, 11) is 0. The Labute approximate surface area is 125 Å². The molecule has 0 aliphatic carbocycles. The third kappa shape index (κ3) is 12.0. The lowest BCUT2D eigenvalue weighted by molar-refractivity contribution is 0.268. The minimum absolute atomic E-state index is 0.851. The van der Waals surface area contributed by atoms with Gasteiger partial charge in [-0.2, -0.15) is 0 Å². The molecule has 1 atom stereocenters. The van der Waals surface area contributed by atoms with Crippen LogP contribution in [0.3, 0.4) is 0 Å². The van der Waals surface area contributed by atoms with Gasteiger partial charge in [0.1, 0.15) is 5.44 Å². The van der Waals surface area contributed by atoms with Gasteiger partial charge < -0.3 is 5.11 Å². The van der Waals surface area contributed by atoms with Crippen LogP contribution >= 0.6 is 46.6 Å². The number of rotatable bonds is 10. The molecule has 104 valence electrons. The molecule has 0 saturated heterocycles. The Morgan fingerprint density at radius 3 is 1.88 bits per heavy atom. The fourth-order valence-corrected chi connectivity index (χ4v) is 2.88. The molecule has 0 aromatic heterocycles. The Balaban J connectivity index is 3.19. The predicted molar refractivity (Wildman–Crippen MR) is 81.4 cm³/mol. The highest BCUT2D eigenvalue weighted by molar-refractivity contribution is 8.00. The molecule has 0 aromatic rings. The summed E-state index contributed by atoms with van der Waals surface area (Å²) in [5, 5.41) is 9.45. The van der Waals surface area contributed by atoms with Crippen LogP contribution in [-0.4, -0.2) is 20.1 Å². The maximum atomic E-state index is 9.45. The van der Waals surface area contributed by atoms with Crippen molar-refractivity contribution < 1.29 is 5.11 Å². The van der Waals surface area contributed by atoms with Crippen LogP contribution in [0.25, 0.3) is 0 Å². The summed E-state index contributed by atoms with van der Waals surface area (Å²) in [5.74, 6) is 0.851. The first kappa shape index (κ1) is 18.2. The molecule has 0 bridgehead atoms. The SMILES string of the molecule is CCCCCCCCCCSC(O)C(Cl)(Cl)Cl. The predicted octanol–water partition coefficient (Wildman–Crippen LogP) is 5.55. The summed E-state index contributed by atoms with van der Waals surface area (Å²) in [6.07, 6.45) is 10.2. The molecule has 1 nitrogen and oxygen atoms in total. The summed E-state index contributed by atoms with van der Waals surface area (Å²) >= 11 is 18.0. The van der Waals surface area contributed by atoms with Crippen LogP contribution < -0.4 is 0 Å². The maximum absolute atomic E-state index is 9.45. The average molecular weight is 322 g/mol. The molecule has 0 heterocycles. The van der Waals surface area contributed by atoms with Gasteiger partial charge in [0.2, 0.25) is 3.79 Å². The van der Waals surface area contributed by atoms with Gasteiger partial charge >= 0.3 is 0 Å². The lowest BCUT2D eigenvalue weighted by atomic mass is 10.1. The van der Waals surface area contributed by atoms with E-state index in [1.54, 1.807) is 0 Å². The Morgan fingerprint density at radius 1 is 0.941 bits per heavy atom. The fraction of sp³-hybridized carbons (Fsp3) is 1.00. The molecule has 0 rings (SSSR count). The zero-order valence-electron chi connectivity index (χ0n) is 10.4. The summed E-state index contributed by atoms with van der Waals surface area (Å²) < 4.78 is -1.56. The highest BCUT2D eigenvalue weighted by atomic mass is 35.6. The molecular formula is C12H23Cl3OS. The van der Waals surface area contributed by atoms with Gasteiger partial charge in [0.25, 0.3) is 0 Å². The number of aliphatic hydroxyl groups is 1. The zero-order chi connectivity index (χ0) is 13.1. The number of aliphatic hydroxyl groups excluding tert-OH is 1.